The molecule has 0 bridgehead atoms. The van der Waals surface area contributed by atoms with Crippen molar-refractivity contribution >= 4 is 11.6 Å². The summed E-state index contributed by atoms with van der Waals surface area (Å²) in [5.74, 6) is 0.776. The summed E-state index contributed by atoms with van der Waals surface area (Å²) >= 11 is 6.00. The Bertz CT molecular complexity index is 571. The van der Waals surface area contributed by atoms with Crippen LogP contribution in [0.5, 0.6) is 5.75 Å². The molecule has 2 aromatic rings. The van der Waals surface area contributed by atoms with E-state index < -0.39 is 0 Å². The van der Waals surface area contributed by atoms with Crippen molar-refractivity contribution in [3.05, 3.63) is 58.9 Å². The van der Waals surface area contributed by atoms with Crippen LogP contribution in [0, 0.1) is 6.92 Å². The molecule has 1 N–H and O–H groups in total. The lowest BCUT2D eigenvalue weighted by Gasteiger charge is -2.26. The number of rotatable bonds is 6. The Morgan fingerprint density at radius 3 is 2.71 bits per heavy atom. The average molecular weight is 305 g/mol. The third-order valence-corrected chi connectivity index (χ3v) is 3.54. The number of likely N-dealkylation sites (N-methyl/N-ethyl adjacent to an activating group) is 1. The van der Waals surface area contributed by atoms with Gasteiger partial charge in [0.2, 0.25) is 0 Å². The fraction of sp³-hybridized carbons (Fsp3) is 0.353. The average Bonchev–Trinajstić information content (AvgIpc) is 2.46. The molecule has 1 heterocycles. The Morgan fingerprint density at radius 2 is 2.10 bits per heavy atom. The van der Waals surface area contributed by atoms with Crippen LogP contribution in [-0.2, 0) is 0 Å². The van der Waals surface area contributed by atoms with Crippen LogP contribution in [0.15, 0.2) is 42.6 Å². The number of benzene rings is 1. The number of halogens is 1. The first-order valence-electron chi connectivity index (χ1n) is 7.18. The predicted octanol–water partition coefficient (Wildman–Crippen LogP) is 4.16. The quantitative estimate of drug-likeness (QED) is 0.870. The van der Waals surface area contributed by atoms with Crippen LogP contribution in [0.4, 0.5) is 0 Å². The zero-order valence-electron chi connectivity index (χ0n) is 12.6. The number of nitrogens with zero attached hydrogens (tertiary/aromatic N) is 1. The van der Waals surface area contributed by atoms with Crippen molar-refractivity contribution in [3.8, 4) is 5.75 Å². The minimum absolute atomic E-state index is 0.0343. The number of aryl methyl sites for hydroxylation is 1. The molecule has 0 saturated carbocycles. The van der Waals surface area contributed by atoms with E-state index in [2.05, 4.69) is 23.3 Å². The molecule has 0 fully saturated rings. The maximum absolute atomic E-state index is 6.02. The summed E-state index contributed by atoms with van der Waals surface area (Å²) in [6.45, 7) is 6.98. The van der Waals surface area contributed by atoms with E-state index in [1.165, 1.54) is 0 Å². The Balaban J connectivity index is 2.15. The van der Waals surface area contributed by atoms with Gasteiger partial charge in [-0.1, -0.05) is 30.7 Å². The van der Waals surface area contributed by atoms with Gasteiger partial charge in [0.15, 0.2) is 0 Å². The number of hydrogen-bond donors (Lipinski definition) is 1. The van der Waals surface area contributed by atoms with Gasteiger partial charge in [-0.2, -0.15) is 0 Å². The van der Waals surface area contributed by atoms with Crippen LogP contribution in [-0.4, -0.2) is 17.6 Å². The van der Waals surface area contributed by atoms with Crippen LogP contribution in [0.3, 0.4) is 0 Å². The second kappa shape index (κ2) is 7.43. The van der Waals surface area contributed by atoms with Crippen molar-refractivity contribution in [2.75, 3.05) is 6.54 Å². The molecule has 0 aliphatic carbocycles. The Labute approximate surface area is 131 Å². The Kier molecular flexibility index (Phi) is 5.59. The van der Waals surface area contributed by atoms with Crippen LogP contribution in [0.25, 0.3) is 0 Å². The summed E-state index contributed by atoms with van der Waals surface area (Å²) in [4.78, 5) is 4.37. The molecule has 2 unspecified atom stereocenters. The predicted molar refractivity (Wildman–Crippen MR) is 86.9 cm³/mol. The molecular weight excluding hydrogens is 284 g/mol. The highest BCUT2D eigenvalue weighted by molar-refractivity contribution is 6.30. The Hall–Kier alpha value is -1.58. The maximum Gasteiger partial charge on any atom is 0.121 e. The number of nitrogens with one attached hydrogen (secondary N) is 1. The normalized spacial score (nSPS) is 13.7. The van der Waals surface area contributed by atoms with E-state index in [1.807, 2.05) is 50.4 Å². The van der Waals surface area contributed by atoms with Gasteiger partial charge in [-0.3, -0.25) is 4.98 Å². The highest BCUT2D eigenvalue weighted by atomic mass is 35.5. The van der Waals surface area contributed by atoms with Crippen LogP contribution in [0.1, 0.15) is 31.1 Å². The number of ether oxygens (including phenoxy) is 1. The third kappa shape index (κ3) is 4.45. The SMILES string of the molecule is CCNC(c1ccc(C)nc1)C(C)Oc1cccc(Cl)c1. The fourth-order valence-corrected chi connectivity index (χ4v) is 2.44. The van der Waals surface area contributed by atoms with Gasteiger partial charge >= 0.3 is 0 Å². The van der Waals surface area contributed by atoms with Crippen LogP contribution >= 0.6 is 11.6 Å². The molecule has 1 aromatic heterocycles. The molecule has 21 heavy (non-hydrogen) atoms. The van der Waals surface area contributed by atoms with Gasteiger partial charge < -0.3 is 10.1 Å². The summed E-state index contributed by atoms with van der Waals surface area (Å²) < 4.78 is 6.02. The van der Waals surface area contributed by atoms with Gasteiger partial charge in [0, 0.05) is 16.9 Å². The Morgan fingerprint density at radius 1 is 1.29 bits per heavy atom. The number of pyridine rings is 1. The summed E-state index contributed by atoms with van der Waals surface area (Å²) in [6.07, 6.45) is 1.87. The lowest BCUT2D eigenvalue weighted by atomic mass is 10.0. The fourth-order valence-electron chi connectivity index (χ4n) is 2.26. The monoisotopic (exact) mass is 304 g/mol. The van der Waals surface area contributed by atoms with Gasteiger partial charge in [-0.25, -0.2) is 0 Å². The van der Waals surface area contributed by atoms with Crippen molar-refractivity contribution in [3.63, 3.8) is 0 Å². The van der Waals surface area contributed by atoms with E-state index in [4.69, 9.17) is 16.3 Å². The van der Waals surface area contributed by atoms with Crippen molar-refractivity contribution in [1.29, 1.82) is 0 Å². The van der Waals surface area contributed by atoms with Gasteiger partial charge in [-0.05, 0) is 50.2 Å². The first-order chi connectivity index (χ1) is 10.1. The molecule has 0 aliphatic heterocycles. The summed E-state index contributed by atoms with van der Waals surface area (Å²) in [7, 11) is 0. The van der Waals surface area contributed by atoms with E-state index in [9.17, 15) is 0 Å². The lowest BCUT2D eigenvalue weighted by molar-refractivity contribution is 0.171. The highest BCUT2D eigenvalue weighted by Crippen LogP contribution is 2.24. The molecule has 1 aromatic carbocycles. The first-order valence-corrected chi connectivity index (χ1v) is 7.56. The van der Waals surface area contributed by atoms with Gasteiger partial charge in [0.05, 0.1) is 6.04 Å². The minimum Gasteiger partial charge on any atom is -0.489 e. The third-order valence-electron chi connectivity index (χ3n) is 3.30. The minimum atomic E-state index is -0.0343. The summed E-state index contributed by atoms with van der Waals surface area (Å²) in [5, 5.41) is 4.13. The van der Waals surface area contributed by atoms with E-state index in [0.29, 0.717) is 5.02 Å². The van der Waals surface area contributed by atoms with Crippen molar-refractivity contribution in [2.24, 2.45) is 0 Å². The van der Waals surface area contributed by atoms with Gasteiger partial charge in [0.25, 0.3) is 0 Å². The first kappa shape index (κ1) is 15.8. The molecule has 0 aliphatic rings. The molecule has 2 rings (SSSR count). The van der Waals surface area contributed by atoms with Crippen molar-refractivity contribution < 1.29 is 4.74 Å². The van der Waals surface area contributed by atoms with Gasteiger partial charge in [-0.15, -0.1) is 0 Å². The van der Waals surface area contributed by atoms with Crippen molar-refractivity contribution in [1.82, 2.24) is 10.3 Å². The van der Waals surface area contributed by atoms with E-state index in [-0.39, 0.29) is 12.1 Å². The molecule has 0 radical (unpaired) electrons. The smallest absolute Gasteiger partial charge is 0.121 e. The second-order valence-electron chi connectivity index (χ2n) is 5.05. The molecule has 0 spiro atoms. The molecule has 112 valence electrons. The second-order valence-corrected chi connectivity index (χ2v) is 5.49. The zero-order chi connectivity index (χ0) is 15.2. The molecule has 2 atom stereocenters. The van der Waals surface area contributed by atoms with Crippen LogP contribution < -0.4 is 10.1 Å². The van der Waals surface area contributed by atoms with Crippen molar-refractivity contribution in [2.45, 2.75) is 32.9 Å². The molecular formula is C17H21ClN2O. The standard InChI is InChI=1S/C17H21ClN2O/c1-4-19-17(14-9-8-12(2)20-11-14)13(3)21-16-7-5-6-15(18)10-16/h5-11,13,17,19H,4H2,1-3H3. The number of aromatic nitrogens is 1. The molecule has 0 amide bonds. The van der Waals surface area contributed by atoms with E-state index >= 15 is 0 Å². The topological polar surface area (TPSA) is 34.2 Å². The number of hydrogen-bond acceptors (Lipinski definition) is 3. The molecule has 4 heteroatoms. The highest BCUT2D eigenvalue weighted by Gasteiger charge is 2.20. The largest absolute Gasteiger partial charge is 0.489 e. The molecule has 0 saturated heterocycles. The zero-order valence-corrected chi connectivity index (χ0v) is 13.4. The summed E-state index contributed by atoms with van der Waals surface area (Å²) in [6, 6.07) is 11.7. The van der Waals surface area contributed by atoms with Gasteiger partial charge in [0.1, 0.15) is 11.9 Å². The molecule has 3 nitrogen and oxygen atoms in total. The summed E-state index contributed by atoms with van der Waals surface area (Å²) in [5.41, 5.74) is 2.13. The van der Waals surface area contributed by atoms with E-state index in [1.54, 1.807) is 0 Å². The maximum atomic E-state index is 6.02. The van der Waals surface area contributed by atoms with Crippen LogP contribution in [0.2, 0.25) is 5.02 Å². The lowest BCUT2D eigenvalue weighted by Crippen LogP contribution is -2.33. The van der Waals surface area contributed by atoms with E-state index in [0.717, 1.165) is 23.6 Å².